The molecule has 2 atom stereocenters. The van der Waals surface area contributed by atoms with Gasteiger partial charge in [-0.2, -0.15) is 0 Å². The summed E-state index contributed by atoms with van der Waals surface area (Å²) in [6, 6.07) is -0.0652. The second-order valence-electron chi connectivity index (χ2n) is 4.30. The number of aromatic nitrogens is 2. The fourth-order valence-electron chi connectivity index (χ4n) is 2.26. The summed E-state index contributed by atoms with van der Waals surface area (Å²) in [7, 11) is 1.74. The monoisotopic (exact) mass is 223 g/mol. The third-order valence-electron chi connectivity index (χ3n) is 3.24. The molecule has 5 heteroatoms. The van der Waals surface area contributed by atoms with E-state index in [1.165, 1.54) is 12.5 Å². The van der Waals surface area contributed by atoms with E-state index in [1.54, 1.807) is 11.9 Å². The summed E-state index contributed by atoms with van der Waals surface area (Å²) in [5.74, 6) is -0.108. The Bertz CT molecular complexity index is 350. The highest BCUT2D eigenvalue weighted by molar-refractivity contribution is 5.92. The Balaban J connectivity index is 2.06. The van der Waals surface area contributed by atoms with Crippen LogP contribution in [-0.4, -0.2) is 45.1 Å². The third-order valence-corrected chi connectivity index (χ3v) is 3.24. The molecule has 0 aliphatic heterocycles. The minimum atomic E-state index is -0.398. The average molecular weight is 223 g/mol. The van der Waals surface area contributed by atoms with Gasteiger partial charge in [-0.15, -0.1) is 0 Å². The van der Waals surface area contributed by atoms with Crippen molar-refractivity contribution < 1.29 is 9.90 Å². The molecule has 1 aromatic heterocycles. The number of rotatable bonds is 2. The minimum absolute atomic E-state index is 0.0652. The lowest BCUT2D eigenvalue weighted by molar-refractivity contribution is 0.0265. The van der Waals surface area contributed by atoms with Crippen LogP contribution >= 0.6 is 0 Å². The number of aliphatic hydroxyl groups excluding tert-OH is 1. The molecule has 2 unspecified atom stereocenters. The molecule has 1 fully saturated rings. The van der Waals surface area contributed by atoms with E-state index in [-0.39, 0.29) is 11.9 Å². The molecule has 0 spiro atoms. The minimum Gasteiger partial charge on any atom is -0.391 e. The van der Waals surface area contributed by atoms with Gasteiger partial charge in [-0.25, -0.2) is 4.98 Å². The van der Waals surface area contributed by atoms with E-state index in [4.69, 9.17) is 0 Å². The van der Waals surface area contributed by atoms with E-state index in [0.717, 1.165) is 25.7 Å². The maximum atomic E-state index is 12.0. The number of carbonyl (C=O) groups is 1. The van der Waals surface area contributed by atoms with Gasteiger partial charge in [0.1, 0.15) is 5.69 Å². The second kappa shape index (κ2) is 4.65. The number of carbonyl (C=O) groups excluding carboxylic acids is 1. The normalized spacial score (nSPS) is 25.4. The standard InChI is InChI=1S/C11H17N3O2/c1-14(9-4-2-3-5-10(9)15)11(16)8-6-12-7-13-8/h6-7,9-10,15H,2-5H2,1H3,(H,12,13). The quantitative estimate of drug-likeness (QED) is 0.778. The van der Waals surface area contributed by atoms with Gasteiger partial charge in [0, 0.05) is 7.05 Å². The van der Waals surface area contributed by atoms with Gasteiger partial charge in [-0.1, -0.05) is 12.8 Å². The first kappa shape index (κ1) is 11.1. The molecule has 1 saturated carbocycles. The van der Waals surface area contributed by atoms with Gasteiger partial charge in [0.15, 0.2) is 0 Å². The van der Waals surface area contributed by atoms with Crippen molar-refractivity contribution in [2.24, 2.45) is 0 Å². The SMILES string of the molecule is CN(C(=O)c1cnc[nH]1)C1CCCCC1O. The predicted molar refractivity (Wildman–Crippen MR) is 58.9 cm³/mol. The van der Waals surface area contributed by atoms with Gasteiger partial charge in [-0.3, -0.25) is 4.79 Å². The zero-order chi connectivity index (χ0) is 11.5. The molecule has 5 nitrogen and oxygen atoms in total. The first-order chi connectivity index (χ1) is 7.70. The molecule has 1 aromatic rings. The van der Waals surface area contributed by atoms with E-state index in [1.807, 2.05) is 0 Å². The van der Waals surface area contributed by atoms with Crippen LogP contribution in [0.15, 0.2) is 12.5 Å². The van der Waals surface area contributed by atoms with Crippen LogP contribution in [0.1, 0.15) is 36.2 Å². The molecule has 0 radical (unpaired) electrons. The lowest BCUT2D eigenvalue weighted by atomic mass is 9.91. The number of aromatic amines is 1. The van der Waals surface area contributed by atoms with Crippen molar-refractivity contribution in [2.75, 3.05) is 7.05 Å². The van der Waals surface area contributed by atoms with Crippen LogP contribution in [0.25, 0.3) is 0 Å². The number of likely N-dealkylation sites (N-methyl/N-ethyl adjacent to an activating group) is 1. The summed E-state index contributed by atoms with van der Waals surface area (Å²) in [4.78, 5) is 20.2. The first-order valence-corrected chi connectivity index (χ1v) is 5.63. The van der Waals surface area contributed by atoms with Crippen molar-refractivity contribution >= 4 is 5.91 Å². The zero-order valence-electron chi connectivity index (χ0n) is 9.39. The molecule has 0 saturated heterocycles. The first-order valence-electron chi connectivity index (χ1n) is 5.63. The summed E-state index contributed by atoms with van der Waals surface area (Å²) in [5.41, 5.74) is 0.472. The Morgan fingerprint density at radius 1 is 1.56 bits per heavy atom. The van der Waals surface area contributed by atoms with Crippen LogP contribution in [0.2, 0.25) is 0 Å². The Kier molecular flexibility index (Phi) is 3.24. The Hall–Kier alpha value is -1.36. The van der Waals surface area contributed by atoms with E-state index < -0.39 is 6.10 Å². The van der Waals surface area contributed by atoms with E-state index in [2.05, 4.69) is 9.97 Å². The summed E-state index contributed by atoms with van der Waals surface area (Å²) in [6.45, 7) is 0. The number of H-pyrrole nitrogens is 1. The third kappa shape index (κ3) is 2.09. The predicted octanol–water partition coefficient (Wildman–Crippen LogP) is 0.785. The van der Waals surface area contributed by atoms with Crippen LogP contribution in [0.4, 0.5) is 0 Å². The molecular formula is C11H17N3O2. The van der Waals surface area contributed by atoms with E-state index >= 15 is 0 Å². The molecule has 88 valence electrons. The number of imidazole rings is 1. The maximum Gasteiger partial charge on any atom is 0.271 e. The Morgan fingerprint density at radius 2 is 2.31 bits per heavy atom. The van der Waals surface area contributed by atoms with Gasteiger partial charge < -0.3 is 15.0 Å². The van der Waals surface area contributed by atoms with Crippen molar-refractivity contribution in [1.29, 1.82) is 0 Å². The van der Waals surface area contributed by atoms with Gasteiger partial charge in [0.25, 0.3) is 5.91 Å². The van der Waals surface area contributed by atoms with Crippen LogP contribution in [0.5, 0.6) is 0 Å². The van der Waals surface area contributed by atoms with Crippen molar-refractivity contribution in [2.45, 2.75) is 37.8 Å². The highest BCUT2D eigenvalue weighted by atomic mass is 16.3. The smallest absolute Gasteiger partial charge is 0.271 e. The van der Waals surface area contributed by atoms with Gasteiger partial charge >= 0.3 is 0 Å². The molecule has 1 amide bonds. The lowest BCUT2D eigenvalue weighted by Crippen LogP contribution is -2.46. The fraction of sp³-hybridized carbons (Fsp3) is 0.636. The Labute approximate surface area is 94.5 Å². The largest absolute Gasteiger partial charge is 0.391 e. The van der Waals surface area contributed by atoms with Crippen molar-refractivity contribution in [3.8, 4) is 0 Å². The number of hydrogen-bond donors (Lipinski definition) is 2. The van der Waals surface area contributed by atoms with Crippen LogP contribution < -0.4 is 0 Å². The topological polar surface area (TPSA) is 69.2 Å². The van der Waals surface area contributed by atoms with Crippen molar-refractivity contribution in [3.63, 3.8) is 0 Å². The van der Waals surface area contributed by atoms with Crippen LogP contribution in [-0.2, 0) is 0 Å². The zero-order valence-corrected chi connectivity index (χ0v) is 9.39. The van der Waals surface area contributed by atoms with E-state index in [9.17, 15) is 9.90 Å². The molecular weight excluding hydrogens is 206 g/mol. The van der Waals surface area contributed by atoms with Crippen molar-refractivity contribution in [3.05, 3.63) is 18.2 Å². The summed E-state index contributed by atoms with van der Waals surface area (Å²) < 4.78 is 0. The molecule has 16 heavy (non-hydrogen) atoms. The fourth-order valence-corrected chi connectivity index (χ4v) is 2.26. The Morgan fingerprint density at radius 3 is 2.94 bits per heavy atom. The van der Waals surface area contributed by atoms with Gasteiger partial charge in [0.05, 0.1) is 24.7 Å². The van der Waals surface area contributed by atoms with Crippen LogP contribution in [0.3, 0.4) is 0 Å². The summed E-state index contributed by atoms with van der Waals surface area (Å²) in [5, 5.41) is 9.87. The highest BCUT2D eigenvalue weighted by Crippen LogP contribution is 2.23. The molecule has 1 aliphatic rings. The molecule has 1 heterocycles. The highest BCUT2D eigenvalue weighted by Gasteiger charge is 2.30. The molecule has 1 aliphatic carbocycles. The lowest BCUT2D eigenvalue weighted by Gasteiger charge is -2.34. The van der Waals surface area contributed by atoms with Gasteiger partial charge in [0.2, 0.25) is 0 Å². The second-order valence-corrected chi connectivity index (χ2v) is 4.30. The van der Waals surface area contributed by atoms with Crippen LogP contribution in [0, 0.1) is 0 Å². The average Bonchev–Trinajstić information content (AvgIpc) is 2.81. The molecule has 2 rings (SSSR count). The van der Waals surface area contributed by atoms with Crippen molar-refractivity contribution in [1.82, 2.24) is 14.9 Å². The number of amides is 1. The molecule has 0 aromatic carbocycles. The number of aliphatic hydroxyl groups is 1. The maximum absolute atomic E-state index is 12.0. The van der Waals surface area contributed by atoms with E-state index in [0.29, 0.717) is 5.69 Å². The number of hydrogen-bond acceptors (Lipinski definition) is 3. The molecule has 2 N–H and O–H groups in total. The molecule has 0 bridgehead atoms. The summed E-state index contributed by atoms with van der Waals surface area (Å²) >= 11 is 0. The van der Waals surface area contributed by atoms with Gasteiger partial charge in [-0.05, 0) is 12.8 Å². The summed E-state index contributed by atoms with van der Waals surface area (Å²) in [6.07, 6.45) is 6.37. The number of nitrogens with one attached hydrogen (secondary N) is 1. The number of nitrogens with zero attached hydrogens (tertiary/aromatic N) is 2.